The molecule has 0 aliphatic rings. The molecule has 0 saturated heterocycles. The molecule has 3 rings (SSSR count). The predicted molar refractivity (Wildman–Crippen MR) is 72.4 cm³/mol. The number of aromatic nitrogens is 3. The van der Waals surface area contributed by atoms with Crippen molar-refractivity contribution in [2.45, 2.75) is 19.4 Å². The van der Waals surface area contributed by atoms with Crippen LogP contribution < -0.4 is 0 Å². The summed E-state index contributed by atoms with van der Waals surface area (Å²) >= 11 is 0. The van der Waals surface area contributed by atoms with E-state index in [1.807, 2.05) is 16.8 Å². The highest BCUT2D eigenvalue weighted by Gasteiger charge is 2.23. The van der Waals surface area contributed by atoms with Gasteiger partial charge in [-0.3, -0.25) is 9.67 Å². The second-order valence-corrected chi connectivity index (χ2v) is 4.93. The van der Waals surface area contributed by atoms with Crippen molar-refractivity contribution in [3.63, 3.8) is 0 Å². The maximum atomic E-state index is 4.61. The molecular formula is C15H15N3. The normalized spacial score (nSPS) is 11.9. The van der Waals surface area contributed by atoms with Crippen LogP contribution in [0.4, 0.5) is 0 Å². The molecule has 3 aromatic rings. The summed E-state index contributed by atoms with van der Waals surface area (Å²) in [7, 11) is 0. The summed E-state index contributed by atoms with van der Waals surface area (Å²) in [5.74, 6) is 0. The first kappa shape index (κ1) is 11.0. The molecular weight excluding hydrogens is 222 g/mol. The van der Waals surface area contributed by atoms with Gasteiger partial charge in [0.25, 0.3) is 0 Å². The van der Waals surface area contributed by atoms with Gasteiger partial charge in [0.15, 0.2) is 0 Å². The van der Waals surface area contributed by atoms with E-state index in [2.05, 4.69) is 54.4 Å². The molecule has 90 valence electrons. The third kappa shape index (κ3) is 1.68. The van der Waals surface area contributed by atoms with Crippen molar-refractivity contribution in [1.82, 2.24) is 14.8 Å². The average Bonchev–Trinajstić information content (AvgIpc) is 2.84. The molecule has 0 N–H and O–H groups in total. The lowest BCUT2D eigenvalue weighted by Crippen LogP contribution is -2.28. The van der Waals surface area contributed by atoms with E-state index in [1.165, 1.54) is 5.56 Å². The molecule has 3 heteroatoms. The summed E-state index contributed by atoms with van der Waals surface area (Å²) in [4.78, 5) is 4.11. The van der Waals surface area contributed by atoms with Gasteiger partial charge in [-0.15, -0.1) is 0 Å². The number of fused-ring (bicyclic) bond motifs is 1. The standard InChI is InChI=1S/C15H15N3/c1-15(2,13-6-4-3-5-7-13)18-11-12-8-9-16-10-14(12)17-18/h3-11H,1-2H3. The van der Waals surface area contributed by atoms with Gasteiger partial charge < -0.3 is 0 Å². The van der Waals surface area contributed by atoms with Crippen LogP contribution in [-0.4, -0.2) is 14.8 Å². The molecule has 18 heavy (non-hydrogen) atoms. The van der Waals surface area contributed by atoms with E-state index in [4.69, 9.17) is 0 Å². The number of rotatable bonds is 2. The number of benzene rings is 1. The van der Waals surface area contributed by atoms with E-state index < -0.39 is 0 Å². The Hall–Kier alpha value is -2.16. The predicted octanol–water partition coefficient (Wildman–Crippen LogP) is 3.21. The van der Waals surface area contributed by atoms with Gasteiger partial charge >= 0.3 is 0 Å². The smallest absolute Gasteiger partial charge is 0.111 e. The minimum Gasteiger partial charge on any atom is -0.262 e. The summed E-state index contributed by atoms with van der Waals surface area (Å²) in [5.41, 5.74) is 2.01. The molecule has 3 nitrogen and oxygen atoms in total. The second kappa shape index (κ2) is 3.95. The van der Waals surface area contributed by atoms with Crippen LogP contribution in [0.5, 0.6) is 0 Å². The molecule has 0 spiro atoms. The fourth-order valence-electron chi connectivity index (χ4n) is 2.13. The third-order valence-electron chi connectivity index (χ3n) is 3.36. The fourth-order valence-corrected chi connectivity index (χ4v) is 2.13. The first-order valence-electron chi connectivity index (χ1n) is 6.03. The molecule has 1 aromatic carbocycles. The van der Waals surface area contributed by atoms with Crippen molar-refractivity contribution in [2.75, 3.05) is 0 Å². The van der Waals surface area contributed by atoms with E-state index in [-0.39, 0.29) is 5.54 Å². The van der Waals surface area contributed by atoms with E-state index in [9.17, 15) is 0 Å². The third-order valence-corrected chi connectivity index (χ3v) is 3.36. The Morgan fingerprint density at radius 3 is 2.56 bits per heavy atom. The van der Waals surface area contributed by atoms with Crippen LogP contribution in [0.25, 0.3) is 10.9 Å². The molecule has 0 atom stereocenters. The number of pyridine rings is 1. The molecule has 0 unspecified atom stereocenters. The van der Waals surface area contributed by atoms with Gasteiger partial charge in [0.2, 0.25) is 0 Å². The Morgan fingerprint density at radius 2 is 1.83 bits per heavy atom. The number of nitrogens with zero attached hydrogens (tertiary/aromatic N) is 3. The highest BCUT2D eigenvalue weighted by atomic mass is 15.3. The number of hydrogen-bond acceptors (Lipinski definition) is 2. The summed E-state index contributed by atoms with van der Waals surface area (Å²) in [5, 5.41) is 5.73. The average molecular weight is 237 g/mol. The number of hydrogen-bond donors (Lipinski definition) is 0. The summed E-state index contributed by atoms with van der Waals surface area (Å²) in [6.07, 6.45) is 5.67. The minimum absolute atomic E-state index is 0.166. The molecule has 2 heterocycles. The molecule has 0 radical (unpaired) electrons. The molecule has 0 amide bonds. The fraction of sp³-hybridized carbons (Fsp3) is 0.200. The van der Waals surface area contributed by atoms with Crippen LogP contribution in [0.15, 0.2) is 55.0 Å². The monoisotopic (exact) mass is 237 g/mol. The lowest BCUT2D eigenvalue weighted by atomic mass is 9.95. The Morgan fingerprint density at radius 1 is 1.06 bits per heavy atom. The summed E-state index contributed by atoms with van der Waals surface area (Å²) in [6.45, 7) is 4.34. The van der Waals surface area contributed by atoms with Gasteiger partial charge in [-0.05, 0) is 25.5 Å². The molecule has 0 fully saturated rings. The molecule has 2 aromatic heterocycles. The van der Waals surface area contributed by atoms with Crippen molar-refractivity contribution in [1.29, 1.82) is 0 Å². The SMILES string of the molecule is CC(C)(c1ccccc1)n1cc2ccncc2n1. The first-order valence-corrected chi connectivity index (χ1v) is 6.03. The van der Waals surface area contributed by atoms with Crippen molar-refractivity contribution >= 4 is 10.9 Å². The highest BCUT2D eigenvalue weighted by molar-refractivity contribution is 5.76. The lowest BCUT2D eigenvalue weighted by Gasteiger charge is -2.25. The molecule has 0 bridgehead atoms. The quantitative estimate of drug-likeness (QED) is 0.685. The zero-order valence-corrected chi connectivity index (χ0v) is 10.5. The van der Waals surface area contributed by atoms with E-state index in [0.29, 0.717) is 0 Å². The van der Waals surface area contributed by atoms with Gasteiger partial charge in [-0.2, -0.15) is 5.10 Å². The Balaban J connectivity index is 2.13. The van der Waals surface area contributed by atoms with Gasteiger partial charge in [-0.1, -0.05) is 30.3 Å². The largest absolute Gasteiger partial charge is 0.262 e. The van der Waals surface area contributed by atoms with E-state index >= 15 is 0 Å². The second-order valence-electron chi connectivity index (χ2n) is 4.93. The molecule has 0 aliphatic heterocycles. The summed E-state index contributed by atoms with van der Waals surface area (Å²) in [6, 6.07) is 12.4. The van der Waals surface area contributed by atoms with Crippen LogP contribution >= 0.6 is 0 Å². The highest BCUT2D eigenvalue weighted by Crippen LogP contribution is 2.26. The summed E-state index contributed by atoms with van der Waals surface area (Å²) < 4.78 is 2.01. The van der Waals surface area contributed by atoms with E-state index in [0.717, 1.165) is 10.9 Å². The molecule has 0 aliphatic carbocycles. The van der Waals surface area contributed by atoms with Crippen LogP contribution in [0.3, 0.4) is 0 Å². The van der Waals surface area contributed by atoms with Gasteiger partial charge in [0, 0.05) is 17.8 Å². The van der Waals surface area contributed by atoms with Crippen molar-refractivity contribution in [2.24, 2.45) is 0 Å². The van der Waals surface area contributed by atoms with Crippen molar-refractivity contribution < 1.29 is 0 Å². The topological polar surface area (TPSA) is 30.7 Å². The Bertz CT molecular complexity index is 635. The van der Waals surface area contributed by atoms with Gasteiger partial charge in [-0.25, -0.2) is 0 Å². The van der Waals surface area contributed by atoms with Crippen LogP contribution in [0.1, 0.15) is 19.4 Å². The van der Waals surface area contributed by atoms with Crippen LogP contribution in [0, 0.1) is 0 Å². The zero-order valence-electron chi connectivity index (χ0n) is 10.5. The van der Waals surface area contributed by atoms with Crippen molar-refractivity contribution in [3.8, 4) is 0 Å². The first-order chi connectivity index (χ1) is 8.68. The minimum atomic E-state index is -0.166. The van der Waals surface area contributed by atoms with Crippen molar-refractivity contribution in [3.05, 3.63) is 60.6 Å². The van der Waals surface area contributed by atoms with Crippen LogP contribution in [0.2, 0.25) is 0 Å². The molecule has 0 saturated carbocycles. The van der Waals surface area contributed by atoms with E-state index in [1.54, 1.807) is 12.4 Å². The van der Waals surface area contributed by atoms with Crippen LogP contribution in [-0.2, 0) is 5.54 Å². The maximum absolute atomic E-state index is 4.61. The van der Waals surface area contributed by atoms with Gasteiger partial charge in [0.05, 0.1) is 11.7 Å². The van der Waals surface area contributed by atoms with Gasteiger partial charge in [0.1, 0.15) is 5.52 Å². The lowest BCUT2D eigenvalue weighted by molar-refractivity contribution is 0.393. The maximum Gasteiger partial charge on any atom is 0.111 e. The Labute approximate surface area is 106 Å². The zero-order chi connectivity index (χ0) is 12.6. The Kier molecular flexibility index (Phi) is 2.40.